The maximum Gasteiger partial charge on any atom is 0.141 e. The highest BCUT2D eigenvalue weighted by Crippen LogP contribution is 2.17. The Morgan fingerprint density at radius 1 is 1.56 bits per heavy atom. The zero-order valence-electron chi connectivity index (χ0n) is 10.9. The van der Waals surface area contributed by atoms with Crippen LogP contribution in [-0.4, -0.2) is 43.4 Å². The van der Waals surface area contributed by atoms with Crippen LogP contribution in [0.15, 0.2) is 18.3 Å². The topological polar surface area (TPSA) is 37.4 Å². The summed E-state index contributed by atoms with van der Waals surface area (Å²) in [5.41, 5.74) is 0. The van der Waals surface area contributed by atoms with Gasteiger partial charge in [-0.15, -0.1) is 0 Å². The lowest BCUT2D eigenvalue weighted by Gasteiger charge is -2.37. The second-order valence-corrected chi connectivity index (χ2v) is 4.82. The van der Waals surface area contributed by atoms with Crippen molar-refractivity contribution in [1.82, 2.24) is 10.3 Å². The van der Waals surface area contributed by atoms with Crippen LogP contribution in [0.3, 0.4) is 0 Å². The van der Waals surface area contributed by atoms with Crippen molar-refractivity contribution in [1.29, 1.82) is 0 Å². The van der Waals surface area contributed by atoms with E-state index in [-0.39, 0.29) is 11.9 Å². The van der Waals surface area contributed by atoms with E-state index in [0.717, 1.165) is 18.9 Å². The quantitative estimate of drug-likeness (QED) is 0.880. The lowest BCUT2D eigenvalue weighted by atomic mass is 10.2. The van der Waals surface area contributed by atoms with Gasteiger partial charge >= 0.3 is 0 Å². The van der Waals surface area contributed by atoms with Gasteiger partial charge in [0.1, 0.15) is 11.6 Å². The van der Waals surface area contributed by atoms with Crippen molar-refractivity contribution < 1.29 is 9.13 Å². The third kappa shape index (κ3) is 3.40. The molecule has 0 aliphatic carbocycles. The number of anilines is 1. The highest BCUT2D eigenvalue weighted by Gasteiger charge is 2.24. The summed E-state index contributed by atoms with van der Waals surface area (Å²) in [5, 5.41) is 3.40. The molecule has 1 unspecified atom stereocenters. The fourth-order valence-corrected chi connectivity index (χ4v) is 2.04. The molecule has 0 amide bonds. The maximum atomic E-state index is 12.9. The number of hydrogen-bond acceptors (Lipinski definition) is 4. The van der Waals surface area contributed by atoms with Gasteiger partial charge in [0.2, 0.25) is 0 Å². The molecule has 1 aromatic rings. The van der Waals surface area contributed by atoms with Crippen LogP contribution in [0.2, 0.25) is 0 Å². The molecular formula is C13H20FN3O. The lowest BCUT2D eigenvalue weighted by Crippen LogP contribution is -2.51. The molecule has 18 heavy (non-hydrogen) atoms. The number of halogens is 1. The molecule has 4 nitrogen and oxygen atoms in total. The zero-order valence-corrected chi connectivity index (χ0v) is 10.9. The fraction of sp³-hybridized carbons (Fsp3) is 0.615. The zero-order chi connectivity index (χ0) is 13.0. The first-order valence-corrected chi connectivity index (χ1v) is 6.36. The van der Waals surface area contributed by atoms with Crippen LogP contribution in [-0.2, 0) is 4.74 Å². The molecule has 0 aromatic carbocycles. The molecule has 5 heteroatoms. The predicted molar refractivity (Wildman–Crippen MR) is 69.3 cm³/mol. The Balaban J connectivity index is 2.05. The van der Waals surface area contributed by atoms with Gasteiger partial charge in [-0.2, -0.15) is 0 Å². The second-order valence-electron chi connectivity index (χ2n) is 4.82. The summed E-state index contributed by atoms with van der Waals surface area (Å²) in [5.74, 6) is 0.513. The van der Waals surface area contributed by atoms with Gasteiger partial charge in [-0.25, -0.2) is 9.37 Å². The minimum Gasteiger partial charge on any atom is -0.377 e. The average molecular weight is 253 g/mol. The molecule has 1 N–H and O–H groups in total. The molecule has 1 aromatic heterocycles. The SMILES string of the molecule is CC(C)NCC1COCCN1c1ccc(F)cn1. The molecule has 2 rings (SSSR count). The van der Waals surface area contributed by atoms with Crippen LogP contribution >= 0.6 is 0 Å². The van der Waals surface area contributed by atoms with E-state index in [9.17, 15) is 4.39 Å². The van der Waals surface area contributed by atoms with Gasteiger partial charge in [-0.05, 0) is 12.1 Å². The molecule has 0 saturated carbocycles. The second kappa shape index (κ2) is 6.11. The summed E-state index contributed by atoms with van der Waals surface area (Å²) in [6, 6.07) is 3.86. The number of nitrogens with one attached hydrogen (secondary N) is 1. The predicted octanol–water partition coefficient (Wildman–Crippen LogP) is 1.42. The van der Waals surface area contributed by atoms with Gasteiger partial charge in [0, 0.05) is 19.1 Å². The Morgan fingerprint density at radius 3 is 3.06 bits per heavy atom. The van der Waals surface area contributed by atoms with Crippen molar-refractivity contribution in [3.8, 4) is 0 Å². The normalized spacial score (nSPS) is 20.4. The number of pyridine rings is 1. The Morgan fingerprint density at radius 2 is 2.39 bits per heavy atom. The maximum absolute atomic E-state index is 12.9. The number of ether oxygens (including phenoxy) is 1. The van der Waals surface area contributed by atoms with Crippen LogP contribution in [0.4, 0.5) is 10.2 Å². The highest BCUT2D eigenvalue weighted by atomic mass is 19.1. The smallest absolute Gasteiger partial charge is 0.141 e. The number of rotatable bonds is 4. The number of aromatic nitrogens is 1. The largest absolute Gasteiger partial charge is 0.377 e. The Hall–Kier alpha value is -1.20. The molecule has 0 spiro atoms. The summed E-state index contributed by atoms with van der Waals surface area (Å²) in [6.45, 7) is 7.24. The Labute approximate surface area is 107 Å². The van der Waals surface area contributed by atoms with E-state index in [1.165, 1.54) is 12.3 Å². The van der Waals surface area contributed by atoms with Crippen LogP contribution in [0.25, 0.3) is 0 Å². The van der Waals surface area contributed by atoms with E-state index in [1.54, 1.807) is 6.07 Å². The van der Waals surface area contributed by atoms with E-state index in [1.807, 2.05) is 0 Å². The summed E-state index contributed by atoms with van der Waals surface area (Å²) in [6.07, 6.45) is 1.26. The van der Waals surface area contributed by atoms with E-state index >= 15 is 0 Å². The van der Waals surface area contributed by atoms with Crippen LogP contribution in [0.5, 0.6) is 0 Å². The minimum atomic E-state index is -0.302. The van der Waals surface area contributed by atoms with E-state index < -0.39 is 0 Å². The van der Waals surface area contributed by atoms with Gasteiger partial charge in [0.05, 0.1) is 25.5 Å². The van der Waals surface area contributed by atoms with Crippen LogP contribution < -0.4 is 10.2 Å². The summed E-state index contributed by atoms with van der Waals surface area (Å²) < 4.78 is 18.4. The van der Waals surface area contributed by atoms with E-state index in [2.05, 4.69) is 29.0 Å². The van der Waals surface area contributed by atoms with Gasteiger partial charge in [0.15, 0.2) is 0 Å². The summed E-state index contributed by atoms with van der Waals surface area (Å²) >= 11 is 0. The number of morpholine rings is 1. The lowest BCUT2D eigenvalue weighted by molar-refractivity contribution is 0.0927. The van der Waals surface area contributed by atoms with E-state index in [4.69, 9.17) is 4.74 Å². The first-order valence-electron chi connectivity index (χ1n) is 6.36. The minimum absolute atomic E-state index is 0.249. The Kier molecular flexibility index (Phi) is 4.49. The molecule has 1 fully saturated rings. The molecular weight excluding hydrogens is 233 g/mol. The third-order valence-electron chi connectivity index (χ3n) is 3.00. The Bertz CT molecular complexity index is 369. The van der Waals surface area contributed by atoms with Crippen molar-refractivity contribution in [3.05, 3.63) is 24.1 Å². The fourth-order valence-electron chi connectivity index (χ4n) is 2.04. The third-order valence-corrected chi connectivity index (χ3v) is 3.00. The van der Waals surface area contributed by atoms with E-state index in [0.29, 0.717) is 19.3 Å². The van der Waals surface area contributed by atoms with Crippen molar-refractivity contribution >= 4 is 5.82 Å². The van der Waals surface area contributed by atoms with Crippen molar-refractivity contribution in [3.63, 3.8) is 0 Å². The van der Waals surface area contributed by atoms with Crippen molar-refractivity contribution in [2.24, 2.45) is 0 Å². The molecule has 1 atom stereocenters. The van der Waals surface area contributed by atoms with Gasteiger partial charge in [-0.1, -0.05) is 13.8 Å². The molecule has 100 valence electrons. The average Bonchev–Trinajstić information content (AvgIpc) is 2.38. The number of hydrogen-bond donors (Lipinski definition) is 1. The first-order chi connectivity index (χ1) is 8.66. The molecule has 1 aliphatic heterocycles. The van der Waals surface area contributed by atoms with Crippen LogP contribution in [0.1, 0.15) is 13.8 Å². The van der Waals surface area contributed by atoms with Crippen molar-refractivity contribution in [2.75, 3.05) is 31.2 Å². The van der Waals surface area contributed by atoms with Crippen molar-refractivity contribution in [2.45, 2.75) is 25.9 Å². The molecule has 1 aliphatic rings. The first kappa shape index (κ1) is 13.2. The molecule has 2 heterocycles. The molecule has 1 saturated heterocycles. The molecule has 0 bridgehead atoms. The molecule has 0 radical (unpaired) electrons. The number of nitrogens with zero attached hydrogens (tertiary/aromatic N) is 2. The monoisotopic (exact) mass is 253 g/mol. The highest BCUT2D eigenvalue weighted by molar-refractivity contribution is 5.40. The summed E-state index contributed by atoms with van der Waals surface area (Å²) in [4.78, 5) is 6.33. The summed E-state index contributed by atoms with van der Waals surface area (Å²) in [7, 11) is 0. The van der Waals surface area contributed by atoms with Gasteiger partial charge in [-0.3, -0.25) is 0 Å². The van der Waals surface area contributed by atoms with Gasteiger partial charge in [0.25, 0.3) is 0 Å². The van der Waals surface area contributed by atoms with Gasteiger partial charge < -0.3 is 15.0 Å². The standard InChI is InChI=1S/C13H20FN3O/c1-10(2)15-8-12-9-18-6-5-17(12)13-4-3-11(14)7-16-13/h3-4,7,10,12,15H,5-6,8-9H2,1-2H3. The van der Waals surface area contributed by atoms with Crippen LogP contribution in [0, 0.1) is 5.82 Å².